The molecule has 42 valence electrons. The molecule has 2 N–H and O–H groups in total. The second-order valence-electron chi connectivity index (χ2n) is 0.610. The molecule has 0 spiro atoms. The Hall–Kier alpha value is 0.0699. The molecule has 0 saturated heterocycles. The maximum atomic E-state index is 9.10. The number of carbonyl (C=O) groups is 2. The zero-order valence-electron chi connectivity index (χ0n) is 4.71. The number of rotatable bonds is 0. The maximum Gasteiger partial charge on any atom is 1.00 e. The van der Waals surface area contributed by atoms with E-state index in [1.807, 2.05) is 0 Å². The Morgan fingerprint density at radius 2 is 1.25 bits per heavy atom. The molecule has 0 radical (unpaired) electrons. The van der Waals surface area contributed by atoms with Crippen LogP contribution in [0, 0.1) is 0 Å². The molecule has 0 aromatic carbocycles. The van der Waals surface area contributed by atoms with Crippen LogP contribution in [0.15, 0.2) is 0 Å². The number of aliphatic carboxylic acids is 2. The van der Waals surface area contributed by atoms with Gasteiger partial charge < -0.3 is 11.6 Å². The zero-order chi connectivity index (χ0) is 5.15. The summed E-state index contributed by atoms with van der Waals surface area (Å²) in [6, 6.07) is 0. The van der Waals surface area contributed by atoms with E-state index in [1.54, 1.807) is 0 Å². The topological polar surface area (TPSA) is 74.6 Å². The third-order valence-corrected chi connectivity index (χ3v) is 0.183. The minimum atomic E-state index is -1.82. The molecule has 0 aliphatic carbocycles. The summed E-state index contributed by atoms with van der Waals surface area (Å²) < 4.78 is 0. The second kappa shape index (κ2) is 7.07. The summed E-state index contributed by atoms with van der Waals surface area (Å²) >= 11 is 0. The molecule has 0 aliphatic heterocycles. The molecule has 0 bridgehead atoms. The van der Waals surface area contributed by atoms with Crippen LogP contribution in [-0.4, -0.2) is 39.5 Å². The summed E-state index contributed by atoms with van der Waals surface area (Å²) in [6.45, 7) is 0. The van der Waals surface area contributed by atoms with Gasteiger partial charge in [0.2, 0.25) is 0 Å². The minimum Gasteiger partial charge on any atom is -1.00 e. The van der Waals surface area contributed by atoms with E-state index in [2.05, 4.69) is 0 Å². The number of carboxylic acid groups (broad SMARTS) is 2. The smallest absolute Gasteiger partial charge is 1.00 e. The SMILES string of the molecule is O=C(O)C(=O)O.[AlH3].[H-].[Li+]. The van der Waals surface area contributed by atoms with Crippen molar-refractivity contribution in [1.82, 2.24) is 0 Å². The van der Waals surface area contributed by atoms with Crippen LogP contribution in [0.2, 0.25) is 0 Å². The molecular weight excluding hydrogens is 122 g/mol. The molecule has 0 rings (SSSR count). The van der Waals surface area contributed by atoms with Gasteiger partial charge in [-0.15, -0.1) is 0 Å². The Morgan fingerprint density at radius 3 is 1.25 bits per heavy atom. The van der Waals surface area contributed by atoms with Crippen LogP contribution in [0.25, 0.3) is 0 Å². The summed E-state index contributed by atoms with van der Waals surface area (Å²) in [4.78, 5) is 18.2. The molecule has 0 aromatic heterocycles. The van der Waals surface area contributed by atoms with Gasteiger partial charge in [0.15, 0.2) is 17.4 Å². The van der Waals surface area contributed by atoms with Crippen molar-refractivity contribution in [2.24, 2.45) is 0 Å². The van der Waals surface area contributed by atoms with Crippen molar-refractivity contribution in [2.45, 2.75) is 0 Å². The van der Waals surface area contributed by atoms with Crippen LogP contribution >= 0.6 is 0 Å². The Morgan fingerprint density at radius 1 is 1.12 bits per heavy atom. The standard InChI is InChI=1S/C2H2O4.Al.Li.4H/c3-1(4)2(5)6;;;;;;/h(H,3,4)(H,5,6);;;;;;/q;;+1;;;;-1. The van der Waals surface area contributed by atoms with Gasteiger partial charge in [0.25, 0.3) is 0 Å². The largest absolute Gasteiger partial charge is 1.00 e. The van der Waals surface area contributed by atoms with E-state index in [-0.39, 0.29) is 37.6 Å². The van der Waals surface area contributed by atoms with Crippen LogP contribution in [0.3, 0.4) is 0 Å². The fourth-order valence-corrected chi connectivity index (χ4v) is 0. The first kappa shape index (κ1) is 15.7. The van der Waals surface area contributed by atoms with E-state index in [0.29, 0.717) is 0 Å². The third-order valence-electron chi connectivity index (χ3n) is 0.183. The fraction of sp³-hybridized carbons (Fsp3) is 0. The molecule has 6 heteroatoms. The van der Waals surface area contributed by atoms with Gasteiger partial charge >= 0.3 is 30.8 Å². The van der Waals surface area contributed by atoms with Crippen LogP contribution < -0.4 is 18.9 Å². The Labute approximate surface area is 69.7 Å². The second-order valence-corrected chi connectivity index (χ2v) is 0.610. The van der Waals surface area contributed by atoms with Crippen molar-refractivity contribution in [2.75, 3.05) is 0 Å². The Balaban J connectivity index is -0.0000000417. The van der Waals surface area contributed by atoms with Gasteiger partial charge in [0.1, 0.15) is 0 Å². The molecule has 8 heavy (non-hydrogen) atoms. The first-order chi connectivity index (χ1) is 2.64. The van der Waals surface area contributed by atoms with E-state index in [1.165, 1.54) is 0 Å². The van der Waals surface area contributed by atoms with Gasteiger partial charge in [0.05, 0.1) is 0 Å². The normalized spacial score (nSPS) is 5.50. The van der Waals surface area contributed by atoms with Crippen LogP contribution in [0.1, 0.15) is 1.43 Å². The molecule has 0 amide bonds. The van der Waals surface area contributed by atoms with Crippen molar-refractivity contribution in [3.8, 4) is 0 Å². The molecule has 0 heterocycles. The van der Waals surface area contributed by atoms with Gasteiger partial charge in [-0.3, -0.25) is 0 Å². The van der Waals surface area contributed by atoms with Gasteiger partial charge in [-0.1, -0.05) is 0 Å². The maximum absolute atomic E-state index is 9.10. The van der Waals surface area contributed by atoms with Gasteiger partial charge in [-0.25, -0.2) is 9.59 Å². The quantitative estimate of drug-likeness (QED) is 0.253. The van der Waals surface area contributed by atoms with Crippen LogP contribution in [-0.2, 0) is 9.59 Å². The zero-order valence-corrected chi connectivity index (χ0v) is 3.71. The van der Waals surface area contributed by atoms with Crippen molar-refractivity contribution in [3.05, 3.63) is 0 Å². The molecule has 0 atom stereocenters. The van der Waals surface area contributed by atoms with Crippen LogP contribution in [0.5, 0.6) is 0 Å². The van der Waals surface area contributed by atoms with E-state index in [0.717, 1.165) is 0 Å². The summed E-state index contributed by atoms with van der Waals surface area (Å²) in [6.07, 6.45) is 0. The molecule has 0 saturated carbocycles. The predicted octanol–water partition coefficient (Wildman–Crippen LogP) is -4.91. The molecule has 0 aromatic rings. The summed E-state index contributed by atoms with van der Waals surface area (Å²) in [5.41, 5.74) is 0. The average molecular weight is 128 g/mol. The van der Waals surface area contributed by atoms with E-state index in [9.17, 15) is 0 Å². The van der Waals surface area contributed by atoms with Crippen molar-refractivity contribution in [3.63, 3.8) is 0 Å². The predicted molar refractivity (Wildman–Crippen MR) is 26.3 cm³/mol. The first-order valence-electron chi connectivity index (χ1n) is 1.11. The summed E-state index contributed by atoms with van der Waals surface area (Å²) in [5.74, 6) is -3.65. The number of carboxylic acids is 2. The fourth-order valence-electron chi connectivity index (χ4n) is 0. The molecule has 0 aliphatic rings. The molecule has 0 unspecified atom stereocenters. The summed E-state index contributed by atoms with van der Waals surface area (Å²) in [5, 5.41) is 14.8. The minimum absolute atomic E-state index is 0. The van der Waals surface area contributed by atoms with E-state index >= 15 is 0 Å². The molecular formula is C2H6AlLiO4. The van der Waals surface area contributed by atoms with Gasteiger partial charge in [-0.2, -0.15) is 0 Å². The molecule has 4 nitrogen and oxygen atoms in total. The first-order valence-corrected chi connectivity index (χ1v) is 1.11. The average Bonchev–Trinajstić information content (AvgIpc) is 1.36. The van der Waals surface area contributed by atoms with Crippen molar-refractivity contribution < 1.29 is 40.1 Å². The Kier molecular flexibility index (Phi) is 13.9. The monoisotopic (exact) mass is 128 g/mol. The number of hydrogen-bond donors (Lipinski definition) is 2. The van der Waals surface area contributed by atoms with Gasteiger partial charge in [0, 0.05) is 0 Å². The van der Waals surface area contributed by atoms with Gasteiger partial charge in [-0.05, 0) is 0 Å². The van der Waals surface area contributed by atoms with Crippen LogP contribution in [0.4, 0.5) is 0 Å². The summed E-state index contributed by atoms with van der Waals surface area (Å²) in [7, 11) is 0. The van der Waals surface area contributed by atoms with Crippen molar-refractivity contribution in [1.29, 1.82) is 0 Å². The van der Waals surface area contributed by atoms with E-state index < -0.39 is 11.9 Å². The Bertz CT molecular complexity index is 84.6. The molecule has 0 fully saturated rings. The number of hydrogen-bond acceptors (Lipinski definition) is 2. The van der Waals surface area contributed by atoms with Crippen molar-refractivity contribution >= 4 is 29.3 Å². The van der Waals surface area contributed by atoms with E-state index in [4.69, 9.17) is 19.8 Å². The third kappa shape index (κ3) is 9.42.